The van der Waals surface area contributed by atoms with E-state index in [0.717, 1.165) is 0 Å². The molecule has 0 aromatic carbocycles. The molecule has 8 heteroatoms. The van der Waals surface area contributed by atoms with Crippen LogP contribution >= 0.6 is 0 Å². The number of esters is 1. The van der Waals surface area contributed by atoms with Crippen LogP contribution in [-0.4, -0.2) is 50.5 Å². The van der Waals surface area contributed by atoms with Gasteiger partial charge in [0.05, 0.1) is 0 Å². The van der Waals surface area contributed by atoms with Gasteiger partial charge in [0.15, 0.2) is 23.0 Å². The van der Waals surface area contributed by atoms with E-state index in [1.807, 2.05) is 0 Å². The van der Waals surface area contributed by atoms with E-state index < -0.39 is 75.2 Å². The van der Waals surface area contributed by atoms with Crippen molar-refractivity contribution in [3.8, 4) is 0 Å². The van der Waals surface area contributed by atoms with E-state index in [-0.39, 0.29) is 12.0 Å². The van der Waals surface area contributed by atoms with Crippen molar-refractivity contribution in [2.24, 2.45) is 29.1 Å². The number of Topliss-reactive ketones (excluding diaryl/α,β-unsaturated/α-hetero) is 4. The van der Waals surface area contributed by atoms with Crippen molar-refractivity contribution in [3.05, 3.63) is 47.8 Å². The number of carbonyl (C=O) groups is 5. The number of ether oxygens (including phenoxy) is 1. The van der Waals surface area contributed by atoms with E-state index in [0.29, 0.717) is 6.42 Å². The molecule has 0 spiro atoms. The predicted molar refractivity (Wildman–Crippen MR) is 131 cm³/mol. The van der Waals surface area contributed by atoms with Crippen molar-refractivity contribution >= 4 is 29.1 Å². The highest BCUT2D eigenvalue weighted by atomic mass is 16.6. The predicted octanol–water partition coefficient (Wildman–Crippen LogP) is 3.15. The molecule has 194 valence electrons. The average molecular weight is 499 g/mol. The number of carbonyl (C=O) groups excluding carboxylic acids is 5. The molecule has 1 heterocycles. The monoisotopic (exact) mass is 498 g/mol. The van der Waals surface area contributed by atoms with E-state index in [2.05, 4.69) is 0 Å². The molecule has 4 fully saturated rings. The molecule has 36 heavy (non-hydrogen) atoms. The van der Waals surface area contributed by atoms with E-state index in [1.54, 1.807) is 38.2 Å². The van der Waals surface area contributed by atoms with Crippen LogP contribution in [0.3, 0.4) is 0 Å². The lowest BCUT2D eigenvalue weighted by Gasteiger charge is -2.60. The number of hydrogen-bond donors (Lipinski definition) is 2. The van der Waals surface area contributed by atoms with Gasteiger partial charge in [0.1, 0.15) is 28.5 Å². The minimum Gasteiger partial charge on any atom is -0.508 e. The van der Waals surface area contributed by atoms with Crippen LogP contribution < -0.4 is 0 Å². The fourth-order valence-electron chi connectivity index (χ4n) is 6.28. The number of aliphatic hydroxyl groups excluding tert-OH is 1. The molecule has 7 atom stereocenters. The Balaban J connectivity index is 2.35. The summed E-state index contributed by atoms with van der Waals surface area (Å²) in [4.78, 5) is 67.0. The normalized spacial score (nSPS) is 40.2. The van der Waals surface area contributed by atoms with Crippen LogP contribution in [0.25, 0.3) is 0 Å². The van der Waals surface area contributed by atoms with Crippen molar-refractivity contribution in [2.45, 2.75) is 65.6 Å². The number of hydrogen-bond acceptors (Lipinski definition) is 8. The average Bonchev–Trinajstić information content (AvgIpc) is 3.01. The van der Waals surface area contributed by atoms with Crippen molar-refractivity contribution in [1.29, 1.82) is 0 Å². The van der Waals surface area contributed by atoms with Gasteiger partial charge in [-0.15, -0.1) is 0 Å². The fourth-order valence-corrected chi connectivity index (χ4v) is 6.28. The van der Waals surface area contributed by atoms with Crippen molar-refractivity contribution in [3.63, 3.8) is 0 Å². The Bertz CT molecular complexity index is 1140. The second-order valence-corrected chi connectivity index (χ2v) is 10.4. The highest BCUT2D eigenvalue weighted by molar-refractivity contribution is 6.24. The molecule has 2 N–H and O–H groups in total. The first kappa shape index (κ1) is 27.5. The summed E-state index contributed by atoms with van der Waals surface area (Å²) in [6, 6.07) is 0. The Morgan fingerprint density at radius 3 is 2.22 bits per heavy atom. The van der Waals surface area contributed by atoms with Crippen LogP contribution in [0.15, 0.2) is 47.8 Å². The van der Waals surface area contributed by atoms with Crippen LogP contribution in [0.2, 0.25) is 0 Å². The van der Waals surface area contributed by atoms with Gasteiger partial charge in [-0.05, 0) is 54.0 Å². The Morgan fingerprint density at radius 1 is 1.06 bits per heavy atom. The number of fused-ring (bicyclic) bond motifs is 3. The molecular formula is C28H34O8. The zero-order valence-corrected chi connectivity index (χ0v) is 21.5. The summed E-state index contributed by atoms with van der Waals surface area (Å²) in [5, 5.41) is 22.5. The summed E-state index contributed by atoms with van der Waals surface area (Å²) >= 11 is 0. The maximum absolute atomic E-state index is 13.8. The second-order valence-electron chi connectivity index (χ2n) is 10.4. The molecule has 8 nitrogen and oxygen atoms in total. The summed E-state index contributed by atoms with van der Waals surface area (Å²) in [5.41, 5.74) is -6.44. The lowest BCUT2D eigenvalue weighted by atomic mass is 9.40. The lowest BCUT2D eigenvalue weighted by Crippen LogP contribution is -2.75. The summed E-state index contributed by atoms with van der Waals surface area (Å²) in [7, 11) is 0. The Morgan fingerprint density at radius 2 is 1.69 bits per heavy atom. The number of aliphatic hydroxyl groups is 2. The quantitative estimate of drug-likeness (QED) is 0.136. The summed E-state index contributed by atoms with van der Waals surface area (Å²) in [6.45, 7) is 8.81. The lowest BCUT2D eigenvalue weighted by molar-refractivity contribution is -0.204. The van der Waals surface area contributed by atoms with Gasteiger partial charge >= 0.3 is 5.97 Å². The van der Waals surface area contributed by atoms with Crippen molar-refractivity contribution in [2.75, 3.05) is 0 Å². The van der Waals surface area contributed by atoms with Gasteiger partial charge in [-0.1, -0.05) is 30.4 Å². The van der Waals surface area contributed by atoms with E-state index in [1.165, 1.54) is 39.8 Å². The molecular weight excluding hydrogens is 464 g/mol. The molecule has 4 rings (SSSR count). The number of rotatable bonds is 7. The third-order valence-electron chi connectivity index (χ3n) is 8.06. The topological polar surface area (TPSA) is 135 Å². The minimum absolute atomic E-state index is 0.0173. The Hall–Kier alpha value is -3.13. The molecule has 1 aliphatic heterocycles. The first-order chi connectivity index (χ1) is 16.7. The fraction of sp³-hybridized carbons (Fsp3) is 0.536. The Kier molecular flexibility index (Phi) is 7.16. The molecule has 1 saturated heterocycles. The summed E-state index contributed by atoms with van der Waals surface area (Å²) in [5.74, 6) is -9.11. The van der Waals surface area contributed by atoms with Crippen LogP contribution in [-0.2, 0) is 28.7 Å². The molecule has 0 radical (unpaired) electrons. The van der Waals surface area contributed by atoms with Crippen LogP contribution in [0.1, 0.15) is 54.4 Å². The van der Waals surface area contributed by atoms with Gasteiger partial charge in [-0.2, -0.15) is 0 Å². The molecule has 3 saturated carbocycles. The molecule has 2 bridgehead atoms. The summed E-state index contributed by atoms with van der Waals surface area (Å²) in [6.07, 6.45) is 9.91. The van der Waals surface area contributed by atoms with E-state index in [4.69, 9.17) is 4.74 Å². The maximum Gasteiger partial charge on any atom is 0.317 e. The molecule has 4 aliphatic rings. The van der Waals surface area contributed by atoms with Crippen LogP contribution in [0, 0.1) is 29.1 Å². The molecule has 0 amide bonds. The molecule has 0 aromatic heterocycles. The number of ketones is 4. The van der Waals surface area contributed by atoms with Crippen molar-refractivity contribution in [1.82, 2.24) is 0 Å². The molecule has 0 unspecified atom stereocenters. The van der Waals surface area contributed by atoms with Crippen LogP contribution in [0.4, 0.5) is 0 Å². The molecule has 3 aliphatic carbocycles. The highest BCUT2D eigenvalue weighted by Gasteiger charge is 2.77. The highest BCUT2D eigenvalue weighted by Crippen LogP contribution is 2.63. The third-order valence-corrected chi connectivity index (χ3v) is 8.06. The number of cyclic esters (lactones) is 1. The zero-order valence-electron chi connectivity index (χ0n) is 21.5. The first-order valence-electron chi connectivity index (χ1n) is 12.2. The van der Waals surface area contributed by atoms with Gasteiger partial charge in [0, 0.05) is 29.7 Å². The minimum atomic E-state index is -2.22. The summed E-state index contributed by atoms with van der Waals surface area (Å²) < 4.78 is 5.59. The number of allylic oxidation sites excluding steroid dienone is 6. The molecule has 0 aromatic rings. The first-order valence-corrected chi connectivity index (χ1v) is 12.2. The van der Waals surface area contributed by atoms with Gasteiger partial charge < -0.3 is 14.9 Å². The standard InChI is InChI=1S/C28H34O8/c1-7-9-11-13-16(29)18-20-21(28(6)22(31)15(3)24(33)36-28)19(17(30)14-12-10-8-2)26(4,23(18)32)25(34)27(20,5)35/h7-11,13,15,19-21,29,35H,12,14H2,1-6H3/b9-7+,10-8+,13-11+,18-16?/t15-,19-,20-,21-,26-,27+,28-/m1/s1. The van der Waals surface area contributed by atoms with E-state index >= 15 is 0 Å². The van der Waals surface area contributed by atoms with E-state index in [9.17, 15) is 34.2 Å². The van der Waals surface area contributed by atoms with Crippen molar-refractivity contribution < 1.29 is 38.9 Å². The SMILES string of the molecule is C/C=C/C=C/C(O)=C1C(=O)[C@]2(C)C(=O)[C@@](C)(O)[C@H]1[C@H]([C@@]1(C)OC(=O)[C@H](C)C1=O)[C@H]2C(=O)CC/C=C/C. The van der Waals surface area contributed by atoms with Crippen LogP contribution in [0.5, 0.6) is 0 Å². The van der Waals surface area contributed by atoms with Gasteiger partial charge in [0.2, 0.25) is 0 Å². The van der Waals surface area contributed by atoms with Gasteiger partial charge in [-0.3, -0.25) is 24.0 Å². The zero-order chi connectivity index (χ0) is 27.2. The maximum atomic E-state index is 13.8. The Labute approximate surface area is 210 Å². The second kappa shape index (κ2) is 9.39. The third kappa shape index (κ3) is 3.74. The smallest absolute Gasteiger partial charge is 0.317 e. The largest absolute Gasteiger partial charge is 0.508 e. The van der Waals surface area contributed by atoms with Gasteiger partial charge in [0.25, 0.3) is 0 Å². The van der Waals surface area contributed by atoms with Gasteiger partial charge in [-0.25, -0.2) is 0 Å².